The lowest BCUT2D eigenvalue weighted by molar-refractivity contribution is -0.0394. The highest BCUT2D eigenvalue weighted by Crippen LogP contribution is 2.31. The average Bonchev–Trinajstić information content (AvgIpc) is 2.90. The normalized spacial score (nSPS) is 31.2. The van der Waals surface area contributed by atoms with Crippen molar-refractivity contribution in [3.8, 4) is 0 Å². The average molecular weight is 290 g/mol. The van der Waals surface area contributed by atoms with Crippen LogP contribution in [0.3, 0.4) is 0 Å². The van der Waals surface area contributed by atoms with Crippen LogP contribution in [0.25, 0.3) is 0 Å². The van der Waals surface area contributed by atoms with Crippen molar-refractivity contribution in [1.82, 2.24) is 20.1 Å². The summed E-state index contributed by atoms with van der Waals surface area (Å²) in [5.41, 5.74) is 1.56. The zero-order valence-electron chi connectivity index (χ0n) is 13.3. The summed E-state index contributed by atoms with van der Waals surface area (Å²) in [4.78, 5) is 6.93. The highest BCUT2D eigenvalue weighted by molar-refractivity contribution is 5.09. The van der Waals surface area contributed by atoms with E-state index in [2.05, 4.69) is 40.0 Å². The Balaban J connectivity index is 1.63. The third-order valence-corrected chi connectivity index (χ3v) is 4.87. The van der Waals surface area contributed by atoms with Crippen LogP contribution in [-0.4, -0.2) is 46.3 Å². The first-order valence-electron chi connectivity index (χ1n) is 8.03. The van der Waals surface area contributed by atoms with Crippen LogP contribution in [0, 0.1) is 18.8 Å². The first kappa shape index (κ1) is 14.7. The molecule has 1 aromatic heterocycles. The molecule has 1 aliphatic carbocycles. The number of hydrogen-bond donors (Lipinski definition) is 1. The number of morpholine rings is 1. The fraction of sp³-hybridized carbons (Fsp3) is 0.750. The predicted octanol–water partition coefficient (Wildman–Crippen LogP) is 2.48. The molecule has 0 saturated carbocycles. The number of nitrogens with one attached hydrogen (secondary N) is 1. The van der Waals surface area contributed by atoms with Crippen LogP contribution in [0.2, 0.25) is 0 Å². The molecule has 0 bridgehead atoms. The number of rotatable bonds is 3. The van der Waals surface area contributed by atoms with Crippen molar-refractivity contribution in [3.63, 3.8) is 0 Å². The summed E-state index contributed by atoms with van der Waals surface area (Å²) in [5, 5.41) is 7.16. The Labute approximate surface area is 126 Å². The molecule has 21 heavy (non-hydrogen) atoms. The smallest absolute Gasteiger partial charge is 0.180 e. The molecular weight excluding hydrogens is 264 g/mol. The van der Waals surface area contributed by atoms with Gasteiger partial charge in [0.15, 0.2) is 5.82 Å². The number of hydrogen-bond acceptors (Lipinski definition) is 4. The van der Waals surface area contributed by atoms with Gasteiger partial charge >= 0.3 is 0 Å². The van der Waals surface area contributed by atoms with Gasteiger partial charge in [-0.15, -0.1) is 0 Å². The van der Waals surface area contributed by atoms with Crippen molar-refractivity contribution in [1.29, 1.82) is 0 Å². The Morgan fingerprint density at radius 1 is 1.43 bits per heavy atom. The maximum absolute atomic E-state index is 5.85. The molecule has 3 atom stereocenters. The van der Waals surface area contributed by atoms with Crippen molar-refractivity contribution in [2.45, 2.75) is 39.7 Å². The zero-order valence-corrected chi connectivity index (χ0v) is 13.3. The molecule has 1 fully saturated rings. The molecule has 116 valence electrons. The molecule has 0 unspecified atom stereocenters. The fourth-order valence-corrected chi connectivity index (χ4v) is 3.51. The van der Waals surface area contributed by atoms with Crippen molar-refractivity contribution >= 4 is 0 Å². The number of allylic oxidation sites excluding steroid dienone is 1. The molecule has 2 heterocycles. The largest absolute Gasteiger partial charge is 0.367 e. The molecule has 0 aromatic carbocycles. The molecule has 0 spiro atoms. The minimum absolute atomic E-state index is 0.00637. The minimum Gasteiger partial charge on any atom is -0.367 e. The van der Waals surface area contributed by atoms with Crippen LogP contribution in [0.4, 0.5) is 0 Å². The standard InChI is InChI=1S/C16H26N4O/c1-11-5-4-6-12(2)14(11)9-20-7-8-21-15(10-20)16-17-13(3)18-19-16/h5,12,14-15H,4,6-10H2,1-3H3,(H,17,18,19)/t12-,14+,15-/m0/s1. The van der Waals surface area contributed by atoms with E-state index < -0.39 is 0 Å². The molecule has 1 N–H and O–H groups in total. The molecule has 1 aromatic rings. The van der Waals surface area contributed by atoms with Crippen LogP contribution >= 0.6 is 0 Å². The second-order valence-corrected chi connectivity index (χ2v) is 6.51. The summed E-state index contributed by atoms with van der Waals surface area (Å²) >= 11 is 0. The summed E-state index contributed by atoms with van der Waals surface area (Å²) in [7, 11) is 0. The van der Waals surface area contributed by atoms with Crippen LogP contribution < -0.4 is 0 Å². The van der Waals surface area contributed by atoms with Crippen molar-refractivity contribution in [2.75, 3.05) is 26.2 Å². The van der Waals surface area contributed by atoms with Gasteiger partial charge in [-0.1, -0.05) is 18.6 Å². The first-order valence-corrected chi connectivity index (χ1v) is 8.03. The van der Waals surface area contributed by atoms with Gasteiger partial charge in [-0.2, -0.15) is 5.10 Å². The van der Waals surface area contributed by atoms with Crippen molar-refractivity contribution < 1.29 is 4.74 Å². The van der Waals surface area contributed by atoms with Gasteiger partial charge < -0.3 is 4.74 Å². The van der Waals surface area contributed by atoms with E-state index in [0.29, 0.717) is 5.92 Å². The second kappa shape index (κ2) is 6.28. The monoisotopic (exact) mass is 290 g/mol. The van der Waals surface area contributed by atoms with Crippen LogP contribution in [0.1, 0.15) is 44.4 Å². The van der Waals surface area contributed by atoms with Crippen molar-refractivity contribution in [2.24, 2.45) is 11.8 Å². The van der Waals surface area contributed by atoms with Gasteiger partial charge in [-0.05, 0) is 38.5 Å². The third-order valence-electron chi connectivity index (χ3n) is 4.87. The Hall–Kier alpha value is -1.20. The number of nitrogens with zero attached hydrogens (tertiary/aromatic N) is 3. The fourth-order valence-electron chi connectivity index (χ4n) is 3.51. The van der Waals surface area contributed by atoms with Gasteiger partial charge in [0.25, 0.3) is 0 Å². The topological polar surface area (TPSA) is 54.0 Å². The second-order valence-electron chi connectivity index (χ2n) is 6.51. The number of ether oxygens (including phenoxy) is 1. The van der Waals surface area contributed by atoms with Gasteiger partial charge in [-0.3, -0.25) is 10.00 Å². The number of aromatic nitrogens is 3. The van der Waals surface area contributed by atoms with Gasteiger partial charge in [0, 0.05) is 19.6 Å². The Bertz CT molecular complexity index is 510. The maximum Gasteiger partial charge on any atom is 0.180 e. The molecule has 1 aliphatic heterocycles. The number of H-pyrrole nitrogens is 1. The van der Waals surface area contributed by atoms with Gasteiger partial charge in [0.2, 0.25) is 0 Å². The van der Waals surface area contributed by atoms with Crippen LogP contribution in [-0.2, 0) is 4.74 Å². The Morgan fingerprint density at radius 3 is 3.00 bits per heavy atom. The lowest BCUT2D eigenvalue weighted by Crippen LogP contribution is -2.42. The highest BCUT2D eigenvalue weighted by atomic mass is 16.5. The van der Waals surface area contributed by atoms with Crippen LogP contribution in [0.15, 0.2) is 11.6 Å². The lowest BCUT2D eigenvalue weighted by Gasteiger charge is -2.37. The van der Waals surface area contributed by atoms with E-state index in [1.165, 1.54) is 12.8 Å². The molecule has 2 aliphatic rings. The van der Waals surface area contributed by atoms with Gasteiger partial charge in [-0.25, -0.2) is 4.98 Å². The summed E-state index contributed by atoms with van der Waals surface area (Å²) < 4.78 is 5.85. The van der Waals surface area contributed by atoms with Crippen LogP contribution in [0.5, 0.6) is 0 Å². The highest BCUT2D eigenvalue weighted by Gasteiger charge is 2.29. The zero-order chi connectivity index (χ0) is 14.8. The van der Waals surface area contributed by atoms with E-state index in [1.807, 2.05) is 6.92 Å². The molecule has 5 nitrogen and oxygen atoms in total. The van der Waals surface area contributed by atoms with E-state index in [1.54, 1.807) is 5.57 Å². The molecule has 0 amide bonds. The molecule has 5 heteroatoms. The van der Waals surface area contributed by atoms with Gasteiger partial charge in [0.05, 0.1) is 6.61 Å². The summed E-state index contributed by atoms with van der Waals surface area (Å²) in [5.74, 6) is 3.11. The maximum atomic E-state index is 5.85. The van der Waals surface area contributed by atoms with E-state index in [4.69, 9.17) is 4.74 Å². The third kappa shape index (κ3) is 3.35. The number of aryl methyl sites for hydroxylation is 1. The van der Waals surface area contributed by atoms with E-state index >= 15 is 0 Å². The molecule has 3 rings (SSSR count). The Kier molecular flexibility index (Phi) is 4.40. The van der Waals surface area contributed by atoms with E-state index in [-0.39, 0.29) is 6.10 Å². The van der Waals surface area contributed by atoms with E-state index in [0.717, 1.165) is 43.8 Å². The van der Waals surface area contributed by atoms with E-state index in [9.17, 15) is 0 Å². The Morgan fingerprint density at radius 2 is 2.29 bits per heavy atom. The molecule has 0 radical (unpaired) electrons. The first-order chi connectivity index (χ1) is 10.1. The molecular formula is C16H26N4O. The summed E-state index contributed by atoms with van der Waals surface area (Å²) in [6, 6.07) is 0. The number of aromatic amines is 1. The molecule has 1 saturated heterocycles. The minimum atomic E-state index is 0.00637. The quantitative estimate of drug-likeness (QED) is 0.869. The van der Waals surface area contributed by atoms with Crippen molar-refractivity contribution in [3.05, 3.63) is 23.3 Å². The summed E-state index contributed by atoms with van der Waals surface area (Å²) in [6.07, 6.45) is 4.98. The lowest BCUT2D eigenvalue weighted by atomic mass is 9.79. The van der Waals surface area contributed by atoms with Gasteiger partial charge in [0.1, 0.15) is 11.9 Å². The summed E-state index contributed by atoms with van der Waals surface area (Å²) in [6.45, 7) is 10.4. The SMILES string of the molecule is CC1=CCC[C@H](C)[C@@H]1CN1CCO[C@H](c2n[nH]c(C)n2)C1. The predicted molar refractivity (Wildman–Crippen MR) is 81.9 cm³/mol.